The van der Waals surface area contributed by atoms with Crippen molar-refractivity contribution in [3.05, 3.63) is 80.5 Å². The minimum atomic E-state index is -3.93. The highest BCUT2D eigenvalue weighted by Gasteiger charge is 2.46. The van der Waals surface area contributed by atoms with Crippen LogP contribution in [-0.4, -0.2) is 15.5 Å². The maximum Gasteiger partial charge on any atom is 0.264 e. The summed E-state index contributed by atoms with van der Waals surface area (Å²) in [5, 5.41) is 9.69. The summed E-state index contributed by atoms with van der Waals surface area (Å²) in [6.07, 6.45) is 0. The van der Waals surface area contributed by atoms with Crippen LogP contribution in [0.4, 0.5) is 5.69 Å². The maximum atomic E-state index is 13.4. The highest BCUT2D eigenvalue weighted by Crippen LogP contribution is 2.51. The van der Waals surface area contributed by atoms with E-state index in [1.165, 1.54) is 11.4 Å². The molecule has 0 bridgehead atoms. The number of hydrogen-bond donors (Lipinski definition) is 1. The number of sulfonamides is 1. The topological polar surface area (TPSA) is 96.4 Å². The van der Waals surface area contributed by atoms with Gasteiger partial charge < -0.3 is 10.5 Å². The minimum absolute atomic E-state index is 0.0151. The second-order valence-corrected chi connectivity index (χ2v) is 8.92. The summed E-state index contributed by atoms with van der Waals surface area (Å²) in [6, 6.07) is 16.2. The SMILES string of the molecule is CN1c2ccccc2C2=C(C(c3ccccc3Br)C(C#N)=C(N)O2)S1(=O)=O. The molecular formula is C19H14BrN3O3S. The molecule has 0 amide bonds. The van der Waals surface area contributed by atoms with E-state index in [4.69, 9.17) is 10.5 Å². The zero-order valence-corrected chi connectivity index (χ0v) is 16.6. The summed E-state index contributed by atoms with van der Waals surface area (Å²) >= 11 is 3.46. The van der Waals surface area contributed by atoms with Gasteiger partial charge in [-0.25, -0.2) is 8.42 Å². The normalized spacial score (nSPS) is 20.5. The molecular weight excluding hydrogens is 430 g/mol. The van der Waals surface area contributed by atoms with Crippen molar-refractivity contribution in [1.29, 1.82) is 5.26 Å². The van der Waals surface area contributed by atoms with Gasteiger partial charge >= 0.3 is 0 Å². The van der Waals surface area contributed by atoms with Crippen molar-refractivity contribution in [3.8, 4) is 6.07 Å². The van der Waals surface area contributed by atoms with Crippen LogP contribution in [0.1, 0.15) is 17.0 Å². The van der Waals surface area contributed by atoms with Crippen LogP contribution in [-0.2, 0) is 14.8 Å². The number of fused-ring (bicyclic) bond motifs is 2. The molecule has 0 aromatic heterocycles. The van der Waals surface area contributed by atoms with E-state index in [9.17, 15) is 13.7 Å². The number of rotatable bonds is 1. The summed E-state index contributed by atoms with van der Waals surface area (Å²) < 4.78 is 34.3. The Hall–Kier alpha value is -2.76. The lowest BCUT2D eigenvalue weighted by molar-refractivity contribution is 0.357. The number of nitriles is 1. The summed E-state index contributed by atoms with van der Waals surface area (Å²) in [6.45, 7) is 0. The first-order valence-corrected chi connectivity index (χ1v) is 10.3. The molecule has 2 heterocycles. The highest BCUT2D eigenvalue weighted by atomic mass is 79.9. The maximum absolute atomic E-state index is 13.4. The van der Waals surface area contributed by atoms with Gasteiger partial charge in [0.05, 0.1) is 11.6 Å². The molecule has 2 aromatic carbocycles. The van der Waals surface area contributed by atoms with Gasteiger partial charge in [-0.2, -0.15) is 5.26 Å². The van der Waals surface area contributed by atoms with Gasteiger partial charge in [0.15, 0.2) is 5.76 Å². The van der Waals surface area contributed by atoms with E-state index in [-0.39, 0.29) is 22.1 Å². The van der Waals surface area contributed by atoms with Gasteiger partial charge in [0, 0.05) is 17.1 Å². The number of allylic oxidation sites excluding steroid dienone is 2. The first-order chi connectivity index (χ1) is 12.9. The molecule has 27 heavy (non-hydrogen) atoms. The van der Waals surface area contributed by atoms with Crippen molar-refractivity contribution in [2.75, 3.05) is 11.4 Å². The Balaban J connectivity index is 2.11. The van der Waals surface area contributed by atoms with Crippen molar-refractivity contribution in [3.63, 3.8) is 0 Å². The standard InChI is InChI=1S/C19H14BrN3O3S/c1-23-15-9-5-3-7-12(15)17-18(27(23,24)25)16(13(10-21)19(22)26-17)11-6-2-4-8-14(11)20/h2-9,16H,22H2,1H3. The molecule has 0 saturated carbocycles. The van der Waals surface area contributed by atoms with Crippen LogP contribution in [0, 0.1) is 11.3 Å². The number of halogens is 1. The molecule has 0 saturated heterocycles. The van der Waals surface area contributed by atoms with E-state index >= 15 is 0 Å². The highest BCUT2D eigenvalue weighted by molar-refractivity contribution is 9.10. The summed E-state index contributed by atoms with van der Waals surface area (Å²) in [5.74, 6) is -0.789. The van der Waals surface area contributed by atoms with Crippen LogP contribution in [0.2, 0.25) is 0 Å². The molecule has 6 nitrogen and oxygen atoms in total. The first-order valence-electron chi connectivity index (χ1n) is 8.02. The smallest absolute Gasteiger partial charge is 0.264 e. The van der Waals surface area contributed by atoms with Gasteiger partial charge in [0.2, 0.25) is 5.88 Å². The van der Waals surface area contributed by atoms with Crippen LogP contribution in [0.5, 0.6) is 0 Å². The number of nitrogens with two attached hydrogens (primary N) is 1. The molecule has 4 rings (SSSR count). The monoisotopic (exact) mass is 443 g/mol. The predicted molar refractivity (Wildman–Crippen MR) is 105 cm³/mol. The van der Waals surface area contributed by atoms with Crippen molar-refractivity contribution in [2.24, 2.45) is 5.73 Å². The molecule has 0 spiro atoms. The summed E-state index contributed by atoms with van der Waals surface area (Å²) in [4.78, 5) is 0.0151. The Labute approximate surface area is 165 Å². The first kappa shape index (κ1) is 17.6. The van der Waals surface area contributed by atoms with Gasteiger partial charge in [-0.05, 0) is 23.8 Å². The van der Waals surface area contributed by atoms with Gasteiger partial charge in [0.1, 0.15) is 16.5 Å². The minimum Gasteiger partial charge on any atom is -0.439 e. The molecule has 1 atom stereocenters. The van der Waals surface area contributed by atoms with Crippen LogP contribution >= 0.6 is 15.9 Å². The van der Waals surface area contributed by atoms with Crippen molar-refractivity contribution < 1.29 is 13.2 Å². The fourth-order valence-electron chi connectivity index (χ4n) is 3.42. The van der Waals surface area contributed by atoms with Crippen LogP contribution < -0.4 is 10.0 Å². The van der Waals surface area contributed by atoms with Gasteiger partial charge in [-0.3, -0.25) is 4.31 Å². The number of para-hydroxylation sites is 1. The van der Waals surface area contributed by atoms with Crippen LogP contribution in [0.3, 0.4) is 0 Å². The second kappa shape index (κ2) is 6.15. The number of hydrogen-bond acceptors (Lipinski definition) is 5. The van der Waals surface area contributed by atoms with Gasteiger partial charge in [-0.1, -0.05) is 46.3 Å². The third-order valence-corrected chi connectivity index (χ3v) is 7.33. The fourth-order valence-corrected chi connectivity index (χ4v) is 5.57. The third-order valence-electron chi connectivity index (χ3n) is 4.72. The number of anilines is 1. The Morgan fingerprint density at radius 3 is 2.56 bits per heavy atom. The third kappa shape index (κ3) is 2.46. The summed E-state index contributed by atoms with van der Waals surface area (Å²) in [7, 11) is -2.44. The average molecular weight is 444 g/mol. The molecule has 0 aliphatic carbocycles. The van der Waals surface area contributed by atoms with E-state index in [1.54, 1.807) is 42.5 Å². The Bertz CT molecular complexity index is 1180. The fraction of sp³-hybridized carbons (Fsp3) is 0.105. The van der Waals surface area contributed by atoms with Crippen LogP contribution in [0.25, 0.3) is 5.76 Å². The van der Waals surface area contributed by atoms with E-state index in [0.29, 0.717) is 21.3 Å². The van der Waals surface area contributed by atoms with Crippen molar-refractivity contribution >= 4 is 37.4 Å². The molecule has 2 aliphatic heterocycles. The van der Waals surface area contributed by atoms with E-state index in [0.717, 1.165) is 0 Å². The van der Waals surface area contributed by atoms with Gasteiger partial charge in [-0.15, -0.1) is 0 Å². The largest absolute Gasteiger partial charge is 0.439 e. The zero-order valence-electron chi connectivity index (χ0n) is 14.2. The Kier molecular flexibility index (Phi) is 4.02. The zero-order chi connectivity index (χ0) is 19.3. The van der Waals surface area contributed by atoms with Gasteiger partial charge in [0.25, 0.3) is 10.0 Å². The van der Waals surface area contributed by atoms with E-state index in [2.05, 4.69) is 15.9 Å². The molecule has 0 radical (unpaired) electrons. The molecule has 1 unspecified atom stereocenters. The molecule has 8 heteroatoms. The number of nitrogens with zero attached hydrogens (tertiary/aromatic N) is 2. The predicted octanol–water partition coefficient (Wildman–Crippen LogP) is 3.41. The lowest BCUT2D eigenvalue weighted by atomic mass is 9.88. The average Bonchev–Trinajstić information content (AvgIpc) is 2.66. The van der Waals surface area contributed by atoms with Crippen LogP contribution in [0.15, 0.2) is 69.4 Å². The molecule has 2 N–H and O–H groups in total. The van der Waals surface area contributed by atoms with E-state index < -0.39 is 15.9 Å². The lowest BCUT2D eigenvalue weighted by Gasteiger charge is -2.36. The van der Waals surface area contributed by atoms with E-state index in [1.807, 2.05) is 12.1 Å². The van der Waals surface area contributed by atoms with Crippen molar-refractivity contribution in [2.45, 2.75) is 5.92 Å². The molecule has 0 fully saturated rings. The Morgan fingerprint density at radius 2 is 1.85 bits per heavy atom. The molecule has 2 aliphatic rings. The Morgan fingerprint density at radius 1 is 1.19 bits per heavy atom. The lowest BCUT2D eigenvalue weighted by Crippen LogP contribution is -2.37. The molecule has 2 aromatic rings. The van der Waals surface area contributed by atoms with Crippen molar-refractivity contribution in [1.82, 2.24) is 0 Å². The quantitative estimate of drug-likeness (QED) is 0.728. The number of benzene rings is 2. The number of ether oxygens (including phenoxy) is 1. The summed E-state index contributed by atoms with van der Waals surface area (Å²) in [5.41, 5.74) is 7.84. The molecule has 136 valence electrons. The second-order valence-electron chi connectivity index (χ2n) is 6.13.